The van der Waals surface area contributed by atoms with Crippen LogP contribution < -0.4 is 10.1 Å². The maximum absolute atomic E-state index is 12.5. The molecule has 0 unspecified atom stereocenters. The monoisotopic (exact) mass is 342 g/mol. The van der Waals surface area contributed by atoms with E-state index in [1.54, 1.807) is 19.2 Å². The molecule has 0 saturated carbocycles. The number of piperidine rings is 1. The zero-order valence-electron chi connectivity index (χ0n) is 13.4. The number of para-hydroxylation sites is 1. The molecule has 1 N–H and O–H groups in total. The van der Waals surface area contributed by atoms with Crippen LogP contribution in [-0.2, 0) is 0 Å². The second-order valence-corrected chi connectivity index (χ2v) is 6.41. The first kappa shape index (κ1) is 16.3. The summed E-state index contributed by atoms with van der Waals surface area (Å²) in [5.41, 5.74) is 1.50. The van der Waals surface area contributed by atoms with Gasteiger partial charge in [0.05, 0.1) is 18.4 Å². The molecule has 7 heteroatoms. The molecule has 1 aromatic carbocycles. The van der Waals surface area contributed by atoms with Gasteiger partial charge in [0, 0.05) is 25.2 Å². The van der Waals surface area contributed by atoms with Crippen LogP contribution in [0.25, 0.3) is 0 Å². The molecule has 0 atom stereocenters. The molecule has 0 aliphatic carbocycles. The average molecular weight is 342 g/mol. The number of likely N-dealkylation sites (tertiary alicyclic amines) is 1. The number of hydrogen-bond donors (Lipinski definition) is 1. The number of benzene rings is 1. The van der Waals surface area contributed by atoms with Gasteiger partial charge in [0.25, 0.3) is 5.91 Å². The van der Waals surface area contributed by atoms with Gasteiger partial charge in [-0.1, -0.05) is 12.1 Å². The number of aromatic nitrogens is 1. The van der Waals surface area contributed by atoms with Gasteiger partial charge in [0.15, 0.2) is 0 Å². The van der Waals surface area contributed by atoms with Crippen molar-refractivity contribution in [1.82, 2.24) is 9.27 Å². The third-order valence-electron chi connectivity index (χ3n) is 4.10. The van der Waals surface area contributed by atoms with Crippen molar-refractivity contribution in [2.75, 3.05) is 25.5 Å². The first-order chi connectivity index (χ1) is 11.7. The number of nitriles is 1. The summed E-state index contributed by atoms with van der Waals surface area (Å²) in [6.07, 6.45) is 1.70. The molecular formula is C17H18N4O2S. The van der Waals surface area contributed by atoms with E-state index in [-0.39, 0.29) is 11.9 Å². The fourth-order valence-corrected chi connectivity index (χ4v) is 3.44. The van der Waals surface area contributed by atoms with Crippen molar-refractivity contribution >= 4 is 23.1 Å². The second kappa shape index (κ2) is 7.32. The molecule has 24 heavy (non-hydrogen) atoms. The van der Waals surface area contributed by atoms with Crippen LogP contribution in [0.3, 0.4) is 0 Å². The molecular weight excluding hydrogens is 324 g/mol. The number of methoxy groups -OCH3 is 1. The number of carbonyl (C=O) groups excluding carboxylic acids is 1. The third-order valence-corrected chi connectivity index (χ3v) is 4.86. The summed E-state index contributed by atoms with van der Waals surface area (Å²) in [5, 5.41) is 12.6. The maximum atomic E-state index is 12.5. The average Bonchev–Trinajstić information content (AvgIpc) is 3.11. The highest BCUT2D eigenvalue weighted by Crippen LogP contribution is 2.23. The highest BCUT2D eigenvalue weighted by molar-refractivity contribution is 7.08. The van der Waals surface area contributed by atoms with Crippen molar-refractivity contribution < 1.29 is 9.53 Å². The van der Waals surface area contributed by atoms with Crippen molar-refractivity contribution in [1.29, 1.82) is 5.26 Å². The van der Waals surface area contributed by atoms with Gasteiger partial charge in [0.2, 0.25) is 5.88 Å². The molecule has 1 aliphatic heterocycles. The van der Waals surface area contributed by atoms with E-state index in [0.29, 0.717) is 29.4 Å². The Balaban J connectivity index is 1.57. The predicted octanol–water partition coefficient (Wildman–Crippen LogP) is 2.74. The summed E-state index contributed by atoms with van der Waals surface area (Å²) in [6, 6.07) is 11.6. The van der Waals surface area contributed by atoms with Crippen LogP contribution in [0.1, 0.15) is 28.1 Å². The lowest BCUT2D eigenvalue weighted by Crippen LogP contribution is -2.42. The molecule has 1 fully saturated rings. The number of carbonyl (C=O) groups is 1. The Morgan fingerprint density at radius 3 is 2.83 bits per heavy atom. The van der Waals surface area contributed by atoms with Crippen molar-refractivity contribution in [2.24, 2.45) is 0 Å². The Morgan fingerprint density at radius 2 is 2.17 bits per heavy atom. The Kier molecular flexibility index (Phi) is 4.96. The van der Waals surface area contributed by atoms with Crippen LogP contribution in [-0.4, -0.2) is 41.4 Å². The SMILES string of the molecule is COc1cc(C(=O)N2CCC(Nc3ccccc3C#N)CC2)sn1. The molecule has 0 bridgehead atoms. The van der Waals surface area contributed by atoms with Crippen LogP contribution >= 0.6 is 11.5 Å². The van der Waals surface area contributed by atoms with E-state index in [4.69, 9.17) is 10.00 Å². The fourth-order valence-electron chi connectivity index (χ4n) is 2.77. The molecule has 0 radical (unpaired) electrons. The van der Waals surface area contributed by atoms with Gasteiger partial charge in [0.1, 0.15) is 10.9 Å². The lowest BCUT2D eigenvalue weighted by atomic mass is 10.0. The maximum Gasteiger partial charge on any atom is 0.265 e. The quantitative estimate of drug-likeness (QED) is 0.924. The number of nitrogens with one attached hydrogen (secondary N) is 1. The predicted molar refractivity (Wildman–Crippen MR) is 92.4 cm³/mol. The minimum atomic E-state index is 0.00618. The van der Waals surface area contributed by atoms with Crippen LogP contribution in [0.2, 0.25) is 0 Å². The summed E-state index contributed by atoms with van der Waals surface area (Å²) in [6.45, 7) is 1.37. The van der Waals surface area contributed by atoms with E-state index in [2.05, 4.69) is 15.8 Å². The van der Waals surface area contributed by atoms with Crippen LogP contribution in [0.15, 0.2) is 30.3 Å². The van der Waals surface area contributed by atoms with E-state index >= 15 is 0 Å². The summed E-state index contributed by atoms with van der Waals surface area (Å²) < 4.78 is 9.10. The lowest BCUT2D eigenvalue weighted by Gasteiger charge is -2.32. The van der Waals surface area contributed by atoms with Crippen molar-refractivity contribution in [3.8, 4) is 11.9 Å². The molecule has 1 saturated heterocycles. The lowest BCUT2D eigenvalue weighted by molar-refractivity contribution is 0.0723. The Morgan fingerprint density at radius 1 is 1.42 bits per heavy atom. The Labute approximate surface area is 144 Å². The van der Waals surface area contributed by atoms with Gasteiger partial charge >= 0.3 is 0 Å². The molecule has 1 aliphatic rings. The molecule has 1 amide bonds. The zero-order chi connectivity index (χ0) is 16.9. The molecule has 3 rings (SSSR count). The summed E-state index contributed by atoms with van der Waals surface area (Å²) in [5.74, 6) is 0.486. The Bertz CT molecular complexity index is 760. The highest BCUT2D eigenvalue weighted by Gasteiger charge is 2.25. The first-order valence-electron chi connectivity index (χ1n) is 7.77. The second-order valence-electron chi connectivity index (χ2n) is 5.60. The minimum Gasteiger partial charge on any atom is -0.480 e. The molecule has 6 nitrogen and oxygen atoms in total. The van der Waals surface area contributed by atoms with Gasteiger partial charge in [-0.15, -0.1) is 0 Å². The van der Waals surface area contributed by atoms with E-state index < -0.39 is 0 Å². The van der Waals surface area contributed by atoms with Crippen molar-refractivity contribution in [3.63, 3.8) is 0 Å². The van der Waals surface area contributed by atoms with Gasteiger partial charge < -0.3 is 15.0 Å². The van der Waals surface area contributed by atoms with Gasteiger partial charge in [-0.3, -0.25) is 4.79 Å². The third kappa shape index (κ3) is 3.49. The number of nitrogens with zero attached hydrogens (tertiary/aromatic N) is 3. The number of ether oxygens (including phenoxy) is 1. The number of hydrogen-bond acceptors (Lipinski definition) is 6. The van der Waals surface area contributed by atoms with E-state index in [9.17, 15) is 4.79 Å². The van der Waals surface area contributed by atoms with Crippen LogP contribution in [0.4, 0.5) is 5.69 Å². The van der Waals surface area contributed by atoms with Crippen molar-refractivity contribution in [2.45, 2.75) is 18.9 Å². The normalized spacial score (nSPS) is 14.9. The number of amides is 1. The van der Waals surface area contributed by atoms with Gasteiger partial charge in [-0.2, -0.15) is 9.64 Å². The molecule has 2 aromatic rings. The first-order valence-corrected chi connectivity index (χ1v) is 8.54. The van der Waals surface area contributed by atoms with Crippen molar-refractivity contribution in [3.05, 3.63) is 40.8 Å². The Hall–Kier alpha value is -2.59. The van der Waals surface area contributed by atoms with E-state index in [1.807, 2.05) is 23.1 Å². The van der Waals surface area contributed by atoms with Gasteiger partial charge in [-0.25, -0.2) is 0 Å². The van der Waals surface area contributed by atoms with E-state index in [1.165, 1.54) is 11.5 Å². The summed E-state index contributed by atoms with van der Waals surface area (Å²) >= 11 is 1.17. The van der Waals surface area contributed by atoms with Gasteiger partial charge in [-0.05, 0) is 36.5 Å². The van der Waals surface area contributed by atoms with Crippen LogP contribution in [0, 0.1) is 11.3 Å². The standard InChI is InChI=1S/C17H18N4O2S/c1-23-16-10-15(24-20-16)17(22)21-8-6-13(7-9-21)19-14-5-3-2-4-12(14)11-18/h2-5,10,13,19H,6-9H2,1H3. The topological polar surface area (TPSA) is 78.2 Å². The largest absolute Gasteiger partial charge is 0.480 e. The molecule has 124 valence electrons. The smallest absolute Gasteiger partial charge is 0.265 e. The highest BCUT2D eigenvalue weighted by atomic mass is 32.1. The number of rotatable bonds is 4. The van der Waals surface area contributed by atoms with E-state index in [0.717, 1.165) is 18.5 Å². The summed E-state index contributed by atoms with van der Waals surface area (Å²) in [7, 11) is 1.54. The molecule has 1 aromatic heterocycles. The zero-order valence-corrected chi connectivity index (χ0v) is 14.2. The summed E-state index contributed by atoms with van der Waals surface area (Å²) in [4.78, 5) is 14.9. The minimum absolute atomic E-state index is 0.00618. The van der Waals surface area contributed by atoms with Crippen LogP contribution in [0.5, 0.6) is 5.88 Å². The fraction of sp³-hybridized carbons (Fsp3) is 0.353. The molecule has 2 heterocycles. The number of anilines is 1. The molecule has 0 spiro atoms.